The van der Waals surface area contributed by atoms with Gasteiger partial charge in [-0.3, -0.25) is 4.79 Å². The summed E-state index contributed by atoms with van der Waals surface area (Å²) in [6.45, 7) is 4.42. The van der Waals surface area contributed by atoms with Crippen molar-refractivity contribution in [2.75, 3.05) is 40.3 Å². The fourth-order valence-electron chi connectivity index (χ4n) is 3.21. The lowest BCUT2D eigenvalue weighted by Crippen LogP contribution is -2.44. The molecule has 6 nitrogen and oxygen atoms in total. The summed E-state index contributed by atoms with van der Waals surface area (Å²) in [5.74, 6) is 0.583. The summed E-state index contributed by atoms with van der Waals surface area (Å²) < 4.78 is 0. The Morgan fingerprint density at radius 2 is 1.80 bits per heavy atom. The number of nitrogens with one attached hydrogen (secondary N) is 2. The average molecular weight is 346 g/mol. The van der Waals surface area contributed by atoms with E-state index in [9.17, 15) is 9.59 Å². The van der Waals surface area contributed by atoms with Gasteiger partial charge in [0.15, 0.2) is 0 Å². The van der Waals surface area contributed by atoms with Crippen LogP contribution < -0.4 is 10.6 Å². The molecule has 2 N–H and O–H groups in total. The Morgan fingerprint density at radius 3 is 2.36 bits per heavy atom. The van der Waals surface area contributed by atoms with Crippen LogP contribution in [0.2, 0.25) is 0 Å². The Hall–Kier alpha value is -2.08. The van der Waals surface area contributed by atoms with Crippen LogP contribution in [0.15, 0.2) is 30.3 Å². The minimum Gasteiger partial charge on any atom is -0.343 e. The summed E-state index contributed by atoms with van der Waals surface area (Å²) in [7, 11) is 4.03. The monoisotopic (exact) mass is 346 g/mol. The van der Waals surface area contributed by atoms with E-state index in [-0.39, 0.29) is 18.0 Å². The Labute approximate surface area is 150 Å². The third kappa shape index (κ3) is 6.05. The summed E-state index contributed by atoms with van der Waals surface area (Å²) in [5.41, 5.74) is 1.18. The summed E-state index contributed by atoms with van der Waals surface area (Å²) in [6, 6.07) is 10.2. The van der Waals surface area contributed by atoms with Crippen molar-refractivity contribution < 1.29 is 9.59 Å². The highest BCUT2D eigenvalue weighted by atomic mass is 16.2. The van der Waals surface area contributed by atoms with Crippen LogP contribution in [0.3, 0.4) is 0 Å². The zero-order valence-electron chi connectivity index (χ0n) is 15.5. The largest absolute Gasteiger partial charge is 0.343 e. The number of urea groups is 1. The molecule has 1 heterocycles. The van der Waals surface area contributed by atoms with Crippen LogP contribution in [-0.4, -0.2) is 62.0 Å². The van der Waals surface area contributed by atoms with Crippen molar-refractivity contribution in [2.45, 2.75) is 25.8 Å². The maximum atomic E-state index is 12.1. The van der Waals surface area contributed by atoms with Crippen LogP contribution in [0.5, 0.6) is 0 Å². The Morgan fingerprint density at radius 1 is 1.16 bits per heavy atom. The van der Waals surface area contributed by atoms with Crippen LogP contribution in [0.4, 0.5) is 4.79 Å². The number of rotatable bonds is 6. The molecule has 1 fully saturated rings. The molecule has 1 aliphatic rings. The lowest BCUT2D eigenvalue weighted by molar-refractivity contribution is -0.130. The number of hydrogen-bond acceptors (Lipinski definition) is 3. The van der Waals surface area contributed by atoms with Gasteiger partial charge in [0.25, 0.3) is 0 Å². The molecule has 6 heteroatoms. The second-order valence-electron chi connectivity index (χ2n) is 6.93. The van der Waals surface area contributed by atoms with E-state index in [1.807, 2.05) is 37.2 Å². The van der Waals surface area contributed by atoms with Gasteiger partial charge in [-0.25, -0.2) is 4.79 Å². The normalized spacial score (nSPS) is 16.6. The third-order valence-electron chi connectivity index (χ3n) is 4.87. The van der Waals surface area contributed by atoms with E-state index in [4.69, 9.17) is 0 Å². The molecular formula is C19H30N4O2. The molecule has 1 saturated heterocycles. The quantitative estimate of drug-likeness (QED) is 0.826. The van der Waals surface area contributed by atoms with E-state index in [1.54, 1.807) is 6.92 Å². The molecule has 0 aromatic heterocycles. The molecule has 138 valence electrons. The second kappa shape index (κ2) is 9.42. The molecule has 0 spiro atoms. The van der Waals surface area contributed by atoms with E-state index in [0.717, 1.165) is 25.9 Å². The van der Waals surface area contributed by atoms with Gasteiger partial charge < -0.3 is 20.4 Å². The van der Waals surface area contributed by atoms with E-state index in [2.05, 4.69) is 27.7 Å². The molecule has 0 radical (unpaired) electrons. The number of amides is 3. The molecule has 0 aliphatic carbocycles. The van der Waals surface area contributed by atoms with E-state index in [0.29, 0.717) is 19.0 Å². The molecule has 1 aromatic carbocycles. The molecule has 0 saturated carbocycles. The van der Waals surface area contributed by atoms with Crippen LogP contribution in [0, 0.1) is 5.92 Å². The van der Waals surface area contributed by atoms with E-state index < -0.39 is 0 Å². The van der Waals surface area contributed by atoms with Gasteiger partial charge in [0, 0.05) is 33.1 Å². The summed E-state index contributed by atoms with van der Waals surface area (Å²) in [4.78, 5) is 27.4. The molecule has 1 aromatic rings. The predicted molar refractivity (Wildman–Crippen MR) is 99.2 cm³/mol. The number of nitrogens with zero attached hydrogens (tertiary/aromatic N) is 2. The predicted octanol–water partition coefficient (Wildman–Crippen LogP) is 1.85. The smallest absolute Gasteiger partial charge is 0.314 e. The third-order valence-corrected chi connectivity index (χ3v) is 4.87. The number of carbonyl (C=O) groups excluding carboxylic acids is 2. The molecule has 3 amide bonds. The molecule has 1 atom stereocenters. The second-order valence-corrected chi connectivity index (χ2v) is 6.93. The molecular weight excluding hydrogens is 316 g/mol. The van der Waals surface area contributed by atoms with Crippen molar-refractivity contribution in [1.82, 2.24) is 20.4 Å². The molecule has 1 unspecified atom stereocenters. The van der Waals surface area contributed by atoms with E-state index >= 15 is 0 Å². The minimum atomic E-state index is -0.128. The highest BCUT2D eigenvalue weighted by Crippen LogP contribution is 2.17. The van der Waals surface area contributed by atoms with Crippen molar-refractivity contribution in [3.8, 4) is 0 Å². The zero-order chi connectivity index (χ0) is 18.2. The first-order valence-electron chi connectivity index (χ1n) is 8.96. The molecule has 1 aliphatic heterocycles. The zero-order valence-corrected chi connectivity index (χ0v) is 15.5. The first kappa shape index (κ1) is 19.2. The first-order valence-corrected chi connectivity index (χ1v) is 8.96. The number of likely N-dealkylation sites (N-methyl/N-ethyl adjacent to an activating group) is 1. The Bertz CT molecular complexity index is 554. The maximum absolute atomic E-state index is 12.1. The van der Waals surface area contributed by atoms with Crippen molar-refractivity contribution in [2.24, 2.45) is 5.92 Å². The fourth-order valence-corrected chi connectivity index (χ4v) is 3.21. The Kier molecular flexibility index (Phi) is 7.25. The lowest BCUT2D eigenvalue weighted by atomic mass is 9.97. The van der Waals surface area contributed by atoms with Crippen LogP contribution in [0.25, 0.3) is 0 Å². The first-order chi connectivity index (χ1) is 12.0. The number of hydrogen-bond donors (Lipinski definition) is 2. The van der Waals surface area contributed by atoms with Gasteiger partial charge in [-0.1, -0.05) is 30.3 Å². The van der Waals surface area contributed by atoms with Crippen molar-refractivity contribution in [1.29, 1.82) is 0 Å². The van der Waals surface area contributed by atoms with Gasteiger partial charge >= 0.3 is 6.03 Å². The van der Waals surface area contributed by atoms with Crippen LogP contribution >= 0.6 is 0 Å². The topological polar surface area (TPSA) is 64.7 Å². The maximum Gasteiger partial charge on any atom is 0.314 e. The highest BCUT2D eigenvalue weighted by Gasteiger charge is 2.21. The van der Waals surface area contributed by atoms with Crippen LogP contribution in [-0.2, 0) is 4.79 Å². The molecule has 25 heavy (non-hydrogen) atoms. The van der Waals surface area contributed by atoms with Gasteiger partial charge in [-0.05, 0) is 38.4 Å². The van der Waals surface area contributed by atoms with Crippen molar-refractivity contribution >= 4 is 11.9 Å². The van der Waals surface area contributed by atoms with Crippen molar-refractivity contribution in [3.05, 3.63) is 35.9 Å². The molecule has 0 bridgehead atoms. The van der Waals surface area contributed by atoms with Crippen LogP contribution in [0.1, 0.15) is 31.4 Å². The summed E-state index contributed by atoms with van der Waals surface area (Å²) in [5, 5.41) is 5.94. The summed E-state index contributed by atoms with van der Waals surface area (Å²) in [6.07, 6.45) is 1.90. The Balaban J connectivity index is 1.72. The van der Waals surface area contributed by atoms with Crippen molar-refractivity contribution in [3.63, 3.8) is 0 Å². The van der Waals surface area contributed by atoms with Gasteiger partial charge in [-0.15, -0.1) is 0 Å². The molecule has 2 rings (SSSR count). The lowest BCUT2D eigenvalue weighted by Gasteiger charge is -2.31. The number of carbonyl (C=O) groups is 2. The summed E-state index contributed by atoms with van der Waals surface area (Å²) >= 11 is 0. The van der Waals surface area contributed by atoms with E-state index in [1.165, 1.54) is 5.56 Å². The SMILES string of the molecule is CC(=O)N1CCC(CNC(=O)NCC(c2ccccc2)N(C)C)CC1. The fraction of sp³-hybridized carbons (Fsp3) is 0.579. The highest BCUT2D eigenvalue weighted by molar-refractivity contribution is 5.74. The number of piperidine rings is 1. The minimum absolute atomic E-state index is 0.128. The van der Waals surface area contributed by atoms with Gasteiger partial charge in [-0.2, -0.15) is 0 Å². The standard InChI is InChI=1S/C19H30N4O2/c1-15(24)23-11-9-16(10-12-23)13-20-19(25)21-14-18(22(2)3)17-7-5-4-6-8-17/h4-8,16,18H,9-14H2,1-3H3,(H2,20,21,25). The number of likely N-dealkylation sites (tertiary alicyclic amines) is 1. The van der Waals surface area contributed by atoms with Gasteiger partial charge in [0.1, 0.15) is 0 Å². The van der Waals surface area contributed by atoms with Gasteiger partial charge in [0.05, 0.1) is 6.04 Å². The average Bonchev–Trinajstić information content (AvgIpc) is 2.61. The number of benzene rings is 1. The van der Waals surface area contributed by atoms with Gasteiger partial charge in [0.2, 0.25) is 5.91 Å².